The molecular formula is C16H19BrN2O. The van der Waals surface area contributed by atoms with Crippen LogP contribution in [0.3, 0.4) is 0 Å². The summed E-state index contributed by atoms with van der Waals surface area (Å²) in [6.07, 6.45) is 0. The predicted molar refractivity (Wildman–Crippen MR) is 88.8 cm³/mol. The Morgan fingerprint density at radius 3 is 2.40 bits per heavy atom. The largest absolute Gasteiger partial charge is 0.496 e. The summed E-state index contributed by atoms with van der Waals surface area (Å²) in [5.41, 5.74) is 3.54. The van der Waals surface area contributed by atoms with Crippen LogP contribution in [0.15, 0.2) is 46.9 Å². The maximum absolute atomic E-state index is 5.25. The molecule has 0 saturated carbocycles. The van der Waals surface area contributed by atoms with Crippen LogP contribution in [0.25, 0.3) is 0 Å². The van der Waals surface area contributed by atoms with Crippen molar-refractivity contribution in [2.24, 2.45) is 0 Å². The van der Waals surface area contributed by atoms with Gasteiger partial charge in [0.25, 0.3) is 0 Å². The summed E-state index contributed by atoms with van der Waals surface area (Å²) in [7, 11) is 5.69. The van der Waals surface area contributed by atoms with E-state index in [1.54, 1.807) is 7.11 Å². The van der Waals surface area contributed by atoms with Crippen molar-refractivity contribution in [1.29, 1.82) is 0 Å². The van der Waals surface area contributed by atoms with Crippen LogP contribution in [-0.4, -0.2) is 21.2 Å². The molecule has 4 heteroatoms. The molecular weight excluding hydrogens is 316 g/mol. The summed E-state index contributed by atoms with van der Waals surface area (Å²) < 4.78 is 6.23. The van der Waals surface area contributed by atoms with E-state index >= 15 is 0 Å². The Bertz CT molecular complexity index is 569. The van der Waals surface area contributed by atoms with Crippen LogP contribution >= 0.6 is 15.9 Å². The number of ether oxygens (including phenoxy) is 1. The zero-order chi connectivity index (χ0) is 14.5. The highest BCUT2D eigenvalue weighted by molar-refractivity contribution is 9.10. The second-order valence-corrected chi connectivity index (χ2v) is 5.48. The second kappa shape index (κ2) is 6.66. The Morgan fingerprint density at radius 1 is 1.15 bits per heavy atom. The van der Waals surface area contributed by atoms with Gasteiger partial charge in [0.05, 0.1) is 11.6 Å². The smallest absolute Gasteiger partial charge is 0.133 e. The van der Waals surface area contributed by atoms with Gasteiger partial charge in [0.1, 0.15) is 5.75 Å². The Morgan fingerprint density at radius 2 is 1.85 bits per heavy atom. The molecule has 0 amide bonds. The van der Waals surface area contributed by atoms with Gasteiger partial charge in [-0.1, -0.05) is 6.07 Å². The summed E-state index contributed by atoms with van der Waals surface area (Å²) in [6.45, 7) is 0.849. The van der Waals surface area contributed by atoms with E-state index in [0.717, 1.165) is 22.5 Å². The van der Waals surface area contributed by atoms with E-state index in [1.807, 2.05) is 13.1 Å². The van der Waals surface area contributed by atoms with Gasteiger partial charge in [-0.2, -0.15) is 0 Å². The minimum atomic E-state index is 0.849. The lowest BCUT2D eigenvalue weighted by molar-refractivity contribution is 0.412. The molecule has 0 aromatic heterocycles. The highest BCUT2D eigenvalue weighted by atomic mass is 79.9. The number of methoxy groups -OCH3 is 1. The molecule has 2 rings (SSSR count). The molecule has 0 spiro atoms. The van der Waals surface area contributed by atoms with Crippen LogP contribution in [-0.2, 0) is 6.54 Å². The van der Waals surface area contributed by atoms with Crippen LogP contribution in [0.5, 0.6) is 5.75 Å². The Balaban J connectivity index is 2.10. The van der Waals surface area contributed by atoms with Gasteiger partial charge in [0, 0.05) is 32.0 Å². The maximum atomic E-state index is 5.25. The molecule has 20 heavy (non-hydrogen) atoms. The summed E-state index contributed by atoms with van der Waals surface area (Å²) in [4.78, 5) is 2.22. The lowest BCUT2D eigenvalue weighted by Gasteiger charge is -2.20. The fraction of sp³-hybridized carbons (Fsp3) is 0.250. The standard InChI is InChI=1S/C16H19BrN2O/c1-18-13-5-7-14(8-6-13)19(2)11-12-4-9-16(20-3)15(17)10-12/h4-10,18H,11H2,1-3H3. The minimum absolute atomic E-state index is 0.849. The first kappa shape index (κ1) is 14.7. The first-order valence-electron chi connectivity index (χ1n) is 6.45. The van der Waals surface area contributed by atoms with Gasteiger partial charge in [-0.15, -0.1) is 0 Å². The maximum Gasteiger partial charge on any atom is 0.133 e. The number of nitrogens with zero attached hydrogens (tertiary/aromatic N) is 1. The summed E-state index contributed by atoms with van der Waals surface area (Å²) in [5, 5.41) is 3.12. The van der Waals surface area contributed by atoms with Gasteiger partial charge in [-0.05, 0) is 57.9 Å². The highest BCUT2D eigenvalue weighted by Gasteiger charge is 2.05. The third-order valence-corrected chi connectivity index (χ3v) is 3.85. The lowest BCUT2D eigenvalue weighted by atomic mass is 10.2. The molecule has 0 heterocycles. The molecule has 3 nitrogen and oxygen atoms in total. The third-order valence-electron chi connectivity index (χ3n) is 3.23. The summed E-state index contributed by atoms with van der Waals surface area (Å²) in [5.74, 6) is 0.856. The average Bonchev–Trinajstić information content (AvgIpc) is 2.47. The molecule has 0 bridgehead atoms. The van der Waals surface area contributed by atoms with E-state index in [2.05, 4.69) is 69.6 Å². The van der Waals surface area contributed by atoms with E-state index < -0.39 is 0 Å². The molecule has 2 aromatic carbocycles. The molecule has 0 aliphatic heterocycles. The molecule has 0 aliphatic rings. The molecule has 0 unspecified atom stereocenters. The van der Waals surface area contributed by atoms with Gasteiger partial charge in [0.15, 0.2) is 0 Å². The molecule has 0 atom stereocenters. The zero-order valence-electron chi connectivity index (χ0n) is 12.0. The van der Waals surface area contributed by atoms with Crippen molar-refractivity contribution in [1.82, 2.24) is 0 Å². The van der Waals surface area contributed by atoms with E-state index in [4.69, 9.17) is 4.74 Å². The van der Waals surface area contributed by atoms with Crippen molar-refractivity contribution in [2.75, 3.05) is 31.4 Å². The van der Waals surface area contributed by atoms with Crippen molar-refractivity contribution < 1.29 is 4.74 Å². The third kappa shape index (κ3) is 3.45. The van der Waals surface area contributed by atoms with Gasteiger partial charge < -0.3 is 15.0 Å². The monoisotopic (exact) mass is 334 g/mol. The fourth-order valence-electron chi connectivity index (χ4n) is 2.06. The predicted octanol–water partition coefficient (Wildman–Crippen LogP) is 4.14. The Kier molecular flexibility index (Phi) is 4.90. The summed E-state index contributed by atoms with van der Waals surface area (Å²) in [6, 6.07) is 14.6. The number of halogens is 1. The van der Waals surface area contributed by atoms with Crippen molar-refractivity contribution in [2.45, 2.75) is 6.54 Å². The van der Waals surface area contributed by atoms with Crippen molar-refractivity contribution >= 4 is 27.3 Å². The summed E-state index contributed by atoms with van der Waals surface area (Å²) >= 11 is 3.52. The van der Waals surface area contributed by atoms with Gasteiger partial charge in [-0.3, -0.25) is 0 Å². The average molecular weight is 335 g/mol. The van der Waals surface area contributed by atoms with Crippen molar-refractivity contribution in [3.63, 3.8) is 0 Å². The van der Waals surface area contributed by atoms with Crippen molar-refractivity contribution in [3.05, 3.63) is 52.5 Å². The molecule has 0 radical (unpaired) electrons. The van der Waals surface area contributed by atoms with Gasteiger partial charge >= 0.3 is 0 Å². The normalized spacial score (nSPS) is 10.2. The van der Waals surface area contributed by atoms with Crippen LogP contribution in [0.1, 0.15) is 5.56 Å². The molecule has 106 valence electrons. The lowest BCUT2D eigenvalue weighted by Crippen LogP contribution is -2.16. The number of hydrogen-bond acceptors (Lipinski definition) is 3. The molecule has 0 fully saturated rings. The van der Waals surface area contributed by atoms with E-state index in [9.17, 15) is 0 Å². The number of rotatable bonds is 5. The number of benzene rings is 2. The Hall–Kier alpha value is -1.68. The van der Waals surface area contributed by atoms with Crippen LogP contribution < -0.4 is 15.0 Å². The quantitative estimate of drug-likeness (QED) is 0.889. The van der Waals surface area contributed by atoms with E-state index in [1.165, 1.54) is 11.3 Å². The van der Waals surface area contributed by atoms with Crippen LogP contribution in [0.2, 0.25) is 0 Å². The minimum Gasteiger partial charge on any atom is -0.496 e. The second-order valence-electron chi connectivity index (χ2n) is 4.62. The number of nitrogens with one attached hydrogen (secondary N) is 1. The zero-order valence-corrected chi connectivity index (χ0v) is 13.6. The van der Waals surface area contributed by atoms with Gasteiger partial charge in [-0.25, -0.2) is 0 Å². The highest BCUT2D eigenvalue weighted by Crippen LogP contribution is 2.27. The molecule has 2 aromatic rings. The topological polar surface area (TPSA) is 24.5 Å². The van der Waals surface area contributed by atoms with E-state index in [-0.39, 0.29) is 0 Å². The number of hydrogen-bond donors (Lipinski definition) is 1. The van der Waals surface area contributed by atoms with Crippen molar-refractivity contribution in [3.8, 4) is 5.75 Å². The van der Waals surface area contributed by atoms with Crippen LogP contribution in [0.4, 0.5) is 11.4 Å². The molecule has 0 saturated heterocycles. The first-order valence-corrected chi connectivity index (χ1v) is 7.24. The molecule has 0 aliphatic carbocycles. The van der Waals surface area contributed by atoms with Gasteiger partial charge in [0.2, 0.25) is 0 Å². The Labute approximate surface area is 128 Å². The SMILES string of the molecule is CNc1ccc(N(C)Cc2ccc(OC)c(Br)c2)cc1. The van der Waals surface area contributed by atoms with E-state index in [0.29, 0.717) is 0 Å². The molecule has 1 N–H and O–H groups in total. The fourth-order valence-corrected chi connectivity index (χ4v) is 2.64. The first-order chi connectivity index (χ1) is 9.63. The van der Waals surface area contributed by atoms with Crippen LogP contribution in [0, 0.1) is 0 Å². The number of anilines is 2.